The number of aromatic nitrogens is 1. The SMILES string of the molecule is Cc1nc(-c2ccccc2)sc1[C@H](C)NC(=O)NC1CCOCC1. The summed E-state index contributed by atoms with van der Waals surface area (Å²) in [6.07, 6.45) is 1.75. The van der Waals surface area contributed by atoms with Gasteiger partial charge < -0.3 is 15.4 Å². The highest BCUT2D eigenvalue weighted by Crippen LogP contribution is 2.31. The topological polar surface area (TPSA) is 63.2 Å². The Morgan fingerprint density at radius 3 is 2.71 bits per heavy atom. The van der Waals surface area contributed by atoms with E-state index in [0.717, 1.165) is 47.2 Å². The van der Waals surface area contributed by atoms with Gasteiger partial charge in [0.15, 0.2) is 0 Å². The first-order valence-corrected chi connectivity index (χ1v) is 9.12. The van der Waals surface area contributed by atoms with Crippen LogP contribution in [0.3, 0.4) is 0 Å². The molecule has 2 heterocycles. The number of benzene rings is 1. The maximum Gasteiger partial charge on any atom is 0.315 e. The third-order valence-electron chi connectivity index (χ3n) is 4.15. The van der Waals surface area contributed by atoms with Gasteiger partial charge in [0, 0.05) is 24.8 Å². The minimum atomic E-state index is -0.122. The lowest BCUT2D eigenvalue weighted by molar-refractivity contribution is 0.0800. The third kappa shape index (κ3) is 4.13. The van der Waals surface area contributed by atoms with Gasteiger partial charge in [-0.05, 0) is 26.7 Å². The number of hydrogen-bond acceptors (Lipinski definition) is 4. The molecule has 3 rings (SSSR count). The van der Waals surface area contributed by atoms with Crippen LogP contribution in [0.25, 0.3) is 10.6 Å². The van der Waals surface area contributed by atoms with Crippen molar-refractivity contribution in [3.8, 4) is 10.6 Å². The number of nitrogens with one attached hydrogen (secondary N) is 2. The zero-order chi connectivity index (χ0) is 16.9. The number of carbonyl (C=O) groups is 1. The molecule has 1 aliphatic rings. The van der Waals surface area contributed by atoms with Crippen molar-refractivity contribution in [3.05, 3.63) is 40.9 Å². The lowest BCUT2D eigenvalue weighted by Gasteiger charge is -2.24. The van der Waals surface area contributed by atoms with Crippen LogP contribution in [0.15, 0.2) is 30.3 Å². The molecule has 1 aromatic carbocycles. The van der Waals surface area contributed by atoms with E-state index in [1.165, 1.54) is 0 Å². The number of ether oxygens (including phenoxy) is 1. The van der Waals surface area contributed by atoms with Crippen LogP contribution in [0.1, 0.15) is 36.4 Å². The van der Waals surface area contributed by atoms with Crippen LogP contribution in [-0.4, -0.2) is 30.3 Å². The van der Waals surface area contributed by atoms with Gasteiger partial charge in [0.2, 0.25) is 0 Å². The fourth-order valence-electron chi connectivity index (χ4n) is 2.85. The predicted molar refractivity (Wildman–Crippen MR) is 96.2 cm³/mol. The van der Waals surface area contributed by atoms with Crippen LogP contribution in [0.5, 0.6) is 0 Å². The summed E-state index contributed by atoms with van der Waals surface area (Å²) in [6, 6.07) is 10.1. The van der Waals surface area contributed by atoms with Crippen molar-refractivity contribution in [2.24, 2.45) is 0 Å². The maximum atomic E-state index is 12.2. The smallest absolute Gasteiger partial charge is 0.315 e. The highest BCUT2D eigenvalue weighted by Gasteiger charge is 2.20. The second-order valence-electron chi connectivity index (χ2n) is 6.06. The number of nitrogens with zero attached hydrogens (tertiary/aromatic N) is 1. The lowest BCUT2D eigenvalue weighted by Crippen LogP contribution is -2.45. The Kier molecular flexibility index (Phi) is 5.48. The molecule has 0 spiro atoms. The van der Waals surface area contributed by atoms with Crippen LogP contribution in [0.2, 0.25) is 0 Å². The number of rotatable bonds is 4. The van der Waals surface area contributed by atoms with E-state index in [9.17, 15) is 4.79 Å². The fourth-order valence-corrected chi connectivity index (χ4v) is 3.92. The Morgan fingerprint density at radius 1 is 1.29 bits per heavy atom. The molecule has 24 heavy (non-hydrogen) atoms. The zero-order valence-electron chi connectivity index (χ0n) is 14.0. The predicted octanol–water partition coefficient (Wildman–Crippen LogP) is 3.66. The molecular weight excluding hydrogens is 322 g/mol. The van der Waals surface area contributed by atoms with Crippen molar-refractivity contribution in [1.29, 1.82) is 0 Å². The van der Waals surface area contributed by atoms with E-state index in [1.54, 1.807) is 11.3 Å². The number of amides is 2. The summed E-state index contributed by atoms with van der Waals surface area (Å²) >= 11 is 1.64. The molecule has 2 aromatic rings. The zero-order valence-corrected chi connectivity index (χ0v) is 14.9. The minimum Gasteiger partial charge on any atom is -0.381 e. The molecule has 0 unspecified atom stereocenters. The van der Waals surface area contributed by atoms with Gasteiger partial charge in [-0.1, -0.05) is 30.3 Å². The van der Waals surface area contributed by atoms with E-state index in [-0.39, 0.29) is 18.1 Å². The standard InChI is InChI=1S/C18H23N3O2S/c1-12-16(24-17(19-12)14-6-4-3-5-7-14)13(2)20-18(22)21-15-8-10-23-11-9-15/h3-7,13,15H,8-11H2,1-2H3,(H2,20,21,22)/t13-/m0/s1. The molecule has 1 saturated heterocycles. The van der Waals surface area contributed by atoms with Gasteiger partial charge in [-0.2, -0.15) is 0 Å². The Hall–Kier alpha value is -1.92. The molecule has 0 bridgehead atoms. The molecule has 2 amide bonds. The molecule has 1 aliphatic heterocycles. The third-order valence-corrected chi connectivity index (χ3v) is 5.54. The molecular formula is C18H23N3O2S. The molecule has 2 N–H and O–H groups in total. The second kappa shape index (κ2) is 7.77. The summed E-state index contributed by atoms with van der Waals surface area (Å²) in [5, 5.41) is 7.05. The van der Waals surface area contributed by atoms with Crippen molar-refractivity contribution in [2.45, 2.75) is 38.8 Å². The Morgan fingerprint density at radius 2 is 2.00 bits per heavy atom. The highest BCUT2D eigenvalue weighted by molar-refractivity contribution is 7.15. The molecule has 6 heteroatoms. The Bertz CT molecular complexity index is 681. The first-order valence-electron chi connectivity index (χ1n) is 8.31. The average molecular weight is 345 g/mol. The largest absolute Gasteiger partial charge is 0.381 e. The average Bonchev–Trinajstić information content (AvgIpc) is 2.98. The Balaban J connectivity index is 1.63. The summed E-state index contributed by atoms with van der Waals surface area (Å²) in [4.78, 5) is 18.0. The van der Waals surface area contributed by atoms with Gasteiger partial charge in [-0.15, -0.1) is 11.3 Å². The Labute approximate surface area is 146 Å². The normalized spacial score (nSPS) is 16.6. The number of urea groups is 1. The molecule has 0 radical (unpaired) electrons. The van der Waals surface area contributed by atoms with Crippen molar-refractivity contribution in [2.75, 3.05) is 13.2 Å². The van der Waals surface area contributed by atoms with Crippen LogP contribution < -0.4 is 10.6 Å². The number of hydrogen-bond donors (Lipinski definition) is 2. The van der Waals surface area contributed by atoms with E-state index < -0.39 is 0 Å². The van der Waals surface area contributed by atoms with Crippen molar-refractivity contribution >= 4 is 17.4 Å². The lowest BCUT2D eigenvalue weighted by atomic mass is 10.1. The van der Waals surface area contributed by atoms with E-state index in [4.69, 9.17) is 4.74 Å². The van der Waals surface area contributed by atoms with Crippen LogP contribution in [-0.2, 0) is 4.74 Å². The van der Waals surface area contributed by atoms with Gasteiger partial charge in [0.05, 0.1) is 16.6 Å². The molecule has 1 aromatic heterocycles. The molecule has 5 nitrogen and oxygen atoms in total. The maximum absolute atomic E-state index is 12.2. The second-order valence-corrected chi connectivity index (χ2v) is 7.09. The molecule has 128 valence electrons. The van der Waals surface area contributed by atoms with E-state index in [1.807, 2.05) is 32.0 Å². The molecule has 1 fully saturated rings. The summed E-state index contributed by atoms with van der Waals surface area (Å²) in [6.45, 7) is 5.43. The molecule has 0 aliphatic carbocycles. The van der Waals surface area contributed by atoms with Crippen LogP contribution in [0, 0.1) is 6.92 Å². The summed E-state index contributed by atoms with van der Waals surface area (Å²) in [5.74, 6) is 0. The monoisotopic (exact) mass is 345 g/mol. The highest BCUT2D eigenvalue weighted by atomic mass is 32.1. The number of aryl methyl sites for hydroxylation is 1. The minimum absolute atomic E-state index is 0.0696. The van der Waals surface area contributed by atoms with Crippen molar-refractivity contribution < 1.29 is 9.53 Å². The van der Waals surface area contributed by atoms with E-state index in [2.05, 4.69) is 27.8 Å². The summed E-state index contributed by atoms with van der Waals surface area (Å²) in [5.41, 5.74) is 2.08. The summed E-state index contributed by atoms with van der Waals surface area (Å²) in [7, 11) is 0. The first kappa shape index (κ1) is 16.9. The van der Waals surface area contributed by atoms with E-state index >= 15 is 0 Å². The quantitative estimate of drug-likeness (QED) is 0.889. The fraction of sp³-hybridized carbons (Fsp3) is 0.444. The molecule has 0 saturated carbocycles. The van der Waals surface area contributed by atoms with E-state index in [0.29, 0.717) is 0 Å². The van der Waals surface area contributed by atoms with Crippen molar-refractivity contribution in [3.63, 3.8) is 0 Å². The van der Waals surface area contributed by atoms with Crippen molar-refractivity contribution in [1.82, 2.24) is 15.6 Å². The van der Waals surface area contributed by atoms with Gasteiger partial charge >= 0.3 is 6.03 Å². The molecule has 1 atom stereocenters. The van der Waals surface area contributed by atoms with Crippen LogP contribution >= 0.6 is 11.3 Å². The van der Waals surface area contributed by atoms with Gasteiger partial charge in [-0.25, -0.2) is 9.78 Å². The summed E-state index contributed by atoms with van der Waals surface area (Å²) < 4.78 is 5.31. The van der Waals surface area contributed by atoms with Gasteiger partial charge in [-0.3, -0.25) is 0 Å². The number of carbonyl (C=O) groups excluding carboxylic acids is 1. The van der Waals surface area contributed by atoms with Gasteiger partial charge in [0.25, 0.3) is 0 Å². The van der Waals surface area contributed by atoms with Crippen LogP contribution in [0.4, 0.5) is 4.79 Å². The number of thiazole rings is 1. The van der Waals surface area contributed by atoms with Gasteiger partial charge in [0.1, 0.15) is 5.01 Å². The first-order chi connectivity index (χ1) is 11.6.